The van der Waals surface area contributed by atoms with Crippen molar-refractivity contribution in [2.45, 2.75) is 52.3 Å². The maximum Gasteiger partial charge on any atom is 0.490 e. The Labute approximate surface area is 230 Å². The summed E-state index contributed by atoms with van der Waals surface area (Å²) in [6, 6.07) is 11.7. The number of carboxylic acids is 1. The average Bonchev–Trinajstić information content (AvgIpc) is 3.27. The maximum absolute atomic E-state index is 13.9. The molecular weight excluding hydrogens is 535 g/mol. The molecule has 1 spiro atoms. The van der Waals surface area contributed by atoms with Crippen LogP contribution in [0.5, 0.6) is 5.75 Å². The minimum absolute atomic E-state index is 0.0155. The van der Waals surface area contributed by atoms with Crippen LogP contribution in [0.3, 0.4) is 0 Å². The number of nitrogens with zero attached hydrogens (tertiary/aromatic N) is 2. The van der Waals surface area contributed by atoms with E-state index in [9.17, 15) is 26.7 Å². The zero-order chi connectivity index (χ0) is 29.5. The van der Waals surface area contributed by atoms with Crippen molar-refractivity contribution in [3.63, 3.8) is 0 Å². The summed E-state index contributed by atoms with van der Waals surface area (Å²) in [7, 11) is 0. The molecule has 0 aliphatic carbocycles. The molecule has 2 saturated heterocycles. The Morgan fingerprint density at radius 3 is 2.23 bits per heavy atom. The normalized spacial score (nSPS) is 17.1. The molecule has 220 valence electrons. The Morgan fingerprint density at radius 1 is 1.00 bits per heavy atom. The molecule has 2 aromatic carbocycles. The lowest BCUT2D eigenvalue weighted by atomic mass is 9.77. The molecule has 40 heavy (non-hydrogen) atoms. The molecule has 0 unspecified atom stereocenters. The van der Waals surface area contributed by atoms with E-state index in [1.807, 2.05) is 11.0 Å². The number of rotatable bonds is 7. The molecule has 0 bridgehead atoms. The smallest absolute Gasteiger partial charge is 0.490 e. The Hall–Kier alpha value is -3.21. The number of para-hydroxylation sites is 1. The van der Waals surface area contributed by atoms with Crippen LogP contribution < -0.4 is 4.74 Å². The quantitative estimate of drug-likeness (QED) is 0.434. The Balaban J connectivity index is 0.000000559. The first kappa shape index (κ1) is 31.3. The number of halogens is 5. The molecule has 1 amide bonds. The van der Waals surface area contributed by atoms with Crippen LogP contribution in [-0.4, -0.2) is 65.7 Å². The van der Waals surface area contributed by atoms with Gasteiger partial charge in [0, 0.05) is 37.8 Å². The van der Waals surface area contributed by atoms with Crippen LogP contribution in [0.4, 0.5) is 22.0 Å². The lowest BCUT2D eigenvalue weighted by molar-refractivity contribution is -0.192. The molecule has 0 saturated carbocycles. The largest absolute Gasteiger partial charge is 0.493 e. The first-order chi connectivity index (χ1) is 18.8. The molecule has 6 nitrogen and oxygen atoms in total. The molecule has 4 rings (SSSR count). The highest BCUT2D eigenvalue weighted by Gasteiger charge is 2.41. The highest BCUT2D eigenvalue weighted by atomic mass is 19.4. The van der Waals surface area contributed by atoms with Gasteiger partial charge < -0.3 is 14.7 Å². The number of amides is 1. The van der Waals surface area contributed by atoms with Crippen molar-refractivity contribution in [1.29, 1.82) is 0 Å². The van der Waals surface area contributed by atoms with Crippen molar-refractivity contribution < 1.29 is 41.4 Å². The molecule has 0 radical (unpaired) electrons. The van der Waals surface area contributed by atoms with Crippen LogP contribution in [0.2, 0.25) is 0 Å². The number of carbonyl (C=O) groups excluding carboxylic acids is 1. The molecule has 0 atom stereocenters. The third-order valence-electron chi connectivity index (χ3n) is 7.23. The summed E-state index contributed by atoms with van der Waals surface area (Å²) in [5.74, 6) is -2.65. The molecule has 11 heteroatoms. The summed E-state index contributed by atoms with van der Waals surface area (Å²) in [6.07, 6.45) is -2.03. The minimum Gasteiger partial charge on any atom is -0.493 e. The second kappa shape index (κ2) is 13.4. The van der Waals surface area contributed by atoms with Crippen molar-refractivity contribution in [3.05, 3.63) is 65.2 Å². The van der Waals surface area contributed by atoms with Crippen molar-refractivity contribution in [1.82, 2.24) is 9.80 Å². The standard InChI is InChI=1S/C27H34F2N2O2.C2HF3O2/c1-20(2)18-33-25-6-4-3-5-22(25)17-30-12-9-27(19-30)10-13-31(14-11-27)26(32)15-21-7-8-23(28)16-24(21)29;3-2(4,5)1(6)7/h3-8,16,20H,9-15,17-19H2,1-2H3;(H,6,7). The molecule has 1 N–H and O–H groups in total. The number of hydrogen-bond acceptors (Lipinski definition) is 4. The maximum atomic E-state index is 13.9. The van der Waals surface area contributed by atoms with Crippen molar-refractivity contribution >= 4 is 11.9 Å². The number of likely N-dealkylation sites (tertiary alicyclic amines) is 2. The van der Waals surface area contributed by atoms with Gasteiger partial charge in [0.15, 0.2) is 0 Å². The predicted molar refractivity (Wildman–Crippen MR) is 139 cm³/mol. The van der Waals surface area contributed by atoms with E-state index in [-0.39, 0.29) is 23.3 Å². The first-order valence-electron chi connectivity index (χ1n) is 13.2. The predicted octanol–water partition coefficient (Wildman–Crippen LogP) is 5.69. The van der Waals surface area contributed by atoms with Gasteiger partial charge in [-0.3, -0.25) is 9.69 Å². The number of benzene rings is 2. The van der Waals surface area contributed by atoms with E-state index in [4.69, 9.17) is 14.6 Å². The number of alkyl halides is 3. The summed E-state index contributed by atoms with van der Waals surface area (Å²) in [6.45, 7) is 9.37. The Bertz CT molecular complexity index is 1160. The lowest BCUT2D eigenvalue weighted by Crippen LogP contribution is -2.44. The van der Waals surface area contributed by atoms with Gasteiger partial charge in [-0.1, -0.05) is 38.1 Å². The summed E-state index contributed by atoms with van der Waals surface area (Å²) < 4.78 is 64.8. The van der Waals surface area contributed by atoms with Gasteiger partial charge in [0.2, 0.25) is 5.91 Å². The van der Waals surface area contributed by atoms with Gasteiger partial charge in [-0.15, -0.1) is 0 Å². The Morgan fingerprint density at radius 2 is 1.62 bits per heavy atom. The fraction of sp³-hybridized carbons (Fsp3) is 0.517. The van der Waals surface area contributed by atoms with E-state index < -0.39 is 23.8 Å². The highest BCUT2D eigenvalue weighted by molar-refractivity contribution is 5.79. The molecule has 2 heterocycles. The number of piperidine rings is 1. The van der Waals surface area contributed by atoms with Crippen LogP contribution in [0, 0.1) is 23.0 Å². The van der Waals surface area contributed by atoms with E-state index in [1.54, 1.807) is 0 Å². The second-order valence-corrected chi connectivity index (χ2v) is 10.9. The third kappa shape index (κ3) is 8.90. The van der Waals surface area contributed by atoms with Crippen LogP contribution in [0.25, 0.3) is 0 Å². The van der Waals surface area contributed by atoms with E-state index in [2.05, 4.69) is 36.9 Å². The van der Waals surface area contributed by atoms with Gasteiger partial charge in [-0.25, -0.2) is 13.6 Å². The second-order valence-electron chi connectivity index (χ2n) is 10.9. The number of carbonyl (C=O) groups is 2. The van der Waals surface area contributed by atoms with E-state index in [1.165, 1.54) is 17.7 Å². The third-order valence-corrected chi connectivity index (χ3v) is 7.23. The molecule has 2 aromatic rings. The van der Waals surface area contributed by atoms with Gasteiger partial charge in [0.05, 0.1) is 13.0 Å². The monoisotopic (exact) mass is 570 g/mol. The fourth-order valence-electron chi connectivity index (χ4n) is 5.01. The topological polar surface area (TPSA) is 70.1 Å². The van der Waals surface area contributed by atoms with Crippen molar-refractivity contribution in [2.75, 3.05) is 32.8 Å². The van der Waals surface area contributed by atoms with Crippen LogP contribution >= 0.6 is 0 Å². The zero-order valence-corrected chi connectivity index (χ0v) is 22.6. The molecule has 2 aliphatic rings. The number of hydrogen-bond donors (Lipinski definition) is 1. The van der Waals surface area contributed by atoms with Gasteiger partial charge in [-0.05, 0) is 54.8 Å². The molecule has 2 fully saturated rings. The fourth-order valence-corrected chi connectivity index (χ4v) is 5.01. The van der Waals surface area contributed by atoms with Crippen molar-refractivity contribution in [3.8, 4) is 5.75 Å². The lowest BCUT2D eigenvalue weighted by Gasteiger charge is -2.39. The van der Waals surface area contributed by atoms with Crippen molar-refractivity contribution in [2.24, 2.45) is 11.3 Å². The summed E-state index contributed by atoms with van der Waals surface area (Å²) in [5.41, 5.74) is 1.72. The van der Waals surface area contributed by atoms with Gasteiger partial charge >= 0.3 is 12.1 Å². The van der Waals surface area contributed by atoms with Gasteiger partial charge in [0.25, 0.3) is 0 Å². The molecule has 0 aromatic heterocycles. The van der Waals surface area contributed by atoms with E-state index in [0.717, 1.165) is 50.7 Å². The van der Waals surface area contributed by atoms with Gasteiger partial charge in [-0.2, -0.15) is 13.2 Å². The number of carboxylic acid groups (broad SMARTS) is 1. The highest BCUT2D eigenvalue weighted by Crippen LogP contribution is 2.41. The van der Waals surface area contributed by atoms with Crippen LogP contribution in [-0.2, 0) is 22.6 Å². The first-order valence-corrected chi connectivity index (χ1v) is 13.2. The average molecular weight is 571 g/mol. The summed E-state index contributed by atoms with van der Waals surface area (Å²) in [4.78, 5) is 25.9. The zero-order valence-electron chi connectivity index (χ0n) is 22.6. The van der Waals surface area contributed by atoms with E-state index in [0.29, 0.717) is 25.6 Å². The molecular formula is C29H35F5N2O4. The minimum atomic E-state index is -5.08. The molecule has 2 aliphatic heterocycles. The number of aliphatic carboxylic acids is 1. The SMILES string of the molecule is CC(C)COc1ccccc1CN1CCC2(CCN(C(=O)Cc3ccc(F)cc3F)CC2)C1.O=C(O)C(F)(F)F. The van der Waals surface area contributed by atoms with Crippen LogP contribution in [0.15, 0.2) is 42.5 Å². The Kier molecular flexibility index (Phi) is 10.5. The van der Waals surface area contributed by atoms with Gasteiger partial charge in [0.1, 0.15) is 17.4 Å². The summed E-state index contributed by atoms with van der Waals surface area (Å²) >= 11 is 0. The van der Waals surface area contributed by atoms with E-state index >= 15 is 0 Å². The van der Waals surface area contributed by atoms with Crippen LogP contribution in [0.1, 0.15) is 44.2 Å². The number of ether oxygens (including phenoxy) is 1. The summed E-state index contributed by atoms with van der Waals surface area (Å²) in [5, 5.41) is 7.12.